The Morgan fingerprint density at radius 3 is 2.07 bits per heavy atom. The molecular weight excluding hydrogens is 366 g/mol. The summed E-state index contributed by atoms with van der Waals surface area (Å²) in [5, 5.41) is 10.7. The molecular formula is C21H25N7O. The van der Waals surface area contributed by atoms with Crippen molar-refractivity contribution in [3.8, 4) is 5.69 Å². The summed E-state index contributed by atoms with van der Waals surface area (Å²) in [5.41, 5.74) is 3.84. The third kappa shape index (κ3) is 5.41. The van der Waals surface area contributed by atoms with Crippen LogP contribution in [-0.2, 0) is 13.1 Å². The average Bonchev–Trinajstić information content (AvgIpc) is 3.29. The van der Waals surface area contributed by atoms with Crippen LogP contribution in [0.5, 0.6) is 0 Å². The van der Waals surface area contributed by atoms with Gasteiger partial charge in [0.05, 0.1) is 5.69 Å². The maximum Gasteiger partial charge on any atom is 0.253 e. The monoisotopic (exact) mass is 391 g/mol. The first-order chi connectivity index (χ1) is 14.1. The van der Waals surface area contributed by atoms with Crippen molar-refractivity contribution in [1.82, 2.24) is 30.3 Å². The van der Waals surface area contributed by atoms with Crippen molar-refractivity contribution in [1.29, 1.82) is 0 Å². The second-order valence-corrected chi connectivity index (χ2v) is 6.68. The van der Waals surface area contributed by atoms with E-state index in [1.807, 2.05) is 48.5 Å². The molecule has 8 nitrogen and oxygen atoms in total. The first-order valence-corrected chi connectivity index (χ1v) is 9.26. The first kappa shape index (κ1) is 20.1. The molecule has 0 aliphatic rings. The molecule has 2 aromatic carbocycles. The van der Waals surface area contributed by atoms with E-state index in [9.17, 15) is 4.79 Å². The highest BCUT2D eigenvalue weighted by Gasteiger charge is 2.07. The van der Waals surface area contributed by atoms with Crippen molar-refractivity contribution < 1.29 is 4.79 Å². The van der Waals surface area contributed by atoms with E-state index >= 15 is 0 Å². The molecule has 1 amide bonds. The largest absolute Gasteiger partial charge is 0.352 e. The van der Waals surface area contributed by atoms with E-state index in [1.54, 1.807) is 37.1 Å². The number of hydrogen-bond acceptors (Lipinski definition) is 4. The lowest BCUT2D eigenvalue weighted by molar-refractivity contribution is 0.0827. The van der Waals surface area contributed by atoms with Crippen LogP contribution in [0, 0.1) is 0 Å². The van der Waals surface area contributed by atoms with Crippen molar-refractivity contribution in [2.75, 3.05) is 21.1 Å². The minimum atomic E-state index is -0.00294. The van der Waals surface area contributed by atoms with Gasteiger partial charge in [0.1, 0.15) is 12.7 Å². The Labute approximate surface area is 170 Å². The summed E-state index contributed by atoms with van der Waals surface area (Å²) in [7, 11) is 5.23. The molecule has 29 heavy (non-hydrogen) atoms. The van der Waals surface area contributed by atoms with E-state index in [4.69, 9.17) is 0 Å². The summed E-state index contributed by atoms with van der Waals surface area (Å²) < 4.78 is 1.72. The normalized spacial score (nSPS) is 11.2. The van der Waals surface area contributed by atoms with E-state index in [-0.39, 0.29) is 5.91 Å². The maximum atomic E-state index is 11.9. The van der Waals surface area contributed by atoms with Crippen LogP contribution in [0.25, 0.3) is 5.69 Å². The van der Waals surface area contributed by atoms with Gasteiger partial charge in [-0.1, -0.05) is 24.3 Å². The molecule has 0 saturated carbocycles. The Hall–Kier alpha value is -3.68. The van der Waals surface area contributed by atoms with Gasteiger partial charge >= 0.3 is 0 Å². The minimum absolute atomic E-state index is 0.00294. The SMILES string of the molecule is CN=C(NCc1ccc(C(=O)N(C)C)cc1)NCc1ccc(-n2cncn2)cc1. The molecule has 3 rings (SSSR count). The predicted octanol–water partition coefficient (Wildman–Crippen LogP) is 1.83. The van der Waals surface area contributed by atoms with Crippen LogP contribution < -0.4 is 10.6 Å². The average molecular weight is 391 g/mol. The van der Waals surface area contributed by atoms with Crippen LogP contribution in [0.1, 0.15) is 21.5 Å². The molecule has 0 fully saturated rings. The van der Waals surface area contributed by atoms with E-state index in [2.05, 4.69) is 25.7 Å². The van der Waals surface area contributed by atoms with Gasteiger partial charge in [-0.2, -0.15) is 5.10 Å². The smallest absolute Gasteiger partial charge is 0.253 e. The van der Waals surface area contributed by atoms with Gasteiger partial charge in [0.2, 0.25) is 0 Å². The number of hydrogen-bond donors (Lipinski definition) is 2. The zero-order chi connectivity index (χ0) is 20.6. The van der Waals surface area contributed by atoms with Crippen LogP contribution in [0.3, 0.4) is 0 Å². The second kappa shape index (κ2) is 9.50. The number of nitrogens with one attached hydrogen (secondary N) is 2. The Kier molecular flexibility index (Phi) is 6.57. The summed E-state index contributed by atoms with van der Waals surface area (Å²) in [5.74, 6) is 0.704. The van der Waals surface area contributed by atoms with E-state index in [0.717, 1.165) is 16.8 Å². The molecule has 0 unspecified atom stereocenters. The zero-order valence-corrected chi connectivity index (χ0v) is 16.8. The van der Waals surface area contributed by atoms with Crippen molar-refractivity contribution in [2.45, 2.75) is 13.1 Å². The number of guanidine groups is 1. The maximum absolute atomic E-state index is 11.9. The van der Waals surface area contributed by atoms with Gasteiger partial charge in [-0.3, -0.25) is 9.79 Å². The zero-order valence-electron chi connectivity index (χ0n) is 16.8. The Balaban J connectivity index is 1.50. The lowest BCUT2D eigenvalue weighted by Gasteiger charge is -2.13. The van der Waals surface area contributed by atoms with Gasteiger partial charge in [0.25, 0.3) is 5.91 Å². The number of carbonyl (C=O) groups excluding carboxylic acids is 1. The number of carbonyl (C=O) groups is 1. The van der Waals surface area contributed by atoms with Gasteiger partial charge in [-0.25, -0.2) is 9.67 Å². The van der Waals surface area contributed by atoms with Gasteiger partial charge in [-0.15, -0.1) is 0 Å². The van der Waals surface area contributed by atoms with Crippen LogP contribution in [0.15, 0.2) is 66.2 Å². The van der Waals surface area contributed by atoms with Crippen LogP contribution in [-0.4, -0.2) is 52.7 Å². The molecule has 8 heteroatoms. The van der Waals surface area contributed by atoms with Crippen molar-refractivity contribution in [3.63, 3.8) is 0 Å². The number of rotatable bonds is 6. The number of amides is 1. The van der Waals surface area contributed by atoms with E-state index < -0.39 is 0 Å². The lowest BCUT2D eigenvalue weighted by atomic mass is 10.1. The fraction of sp³-hybridized carbons (Fsp3) is 0.238. The van der Waals surface area contributed by atoms with Gasteiger partial charge in [-0.05, 0) is 35.4 Å². The number of nitrogens with zero attached hydrogens (tertiary/aromatic N) is 5. The Morgan fingerprint density at radius 1 is 1.00 bits per heavy atom. The van der Waals surface area contributed by atoms with Crippen LogP contribution in [0.2, 0.25) is 0 Å². The highest BCUT2D eigenvalue weighted by atomic mass is 16.2. The van der Waals surface area contributed by atoms with Crippen molar-refractivity contribution in [2.24, 2.45) is 4.99 Å². The molecule has 0 aliphatic heterocycles. The summed E-state index contributed by atoms with van der Waals surface area (Å²) >= 11 is 0. The molecule has 0 radical (unpaired) electrons. The molecule has 0 spiro atoms. The Bertz CT molecular complexity index is 946. The van der Waals surface area contributed by atoms with Gasteiger partial charge in [0, 0.05) is 39.8 Å². The third-order valence-corrected chi connectivity index (χ3v) is 4.37. The molecule has 150 valence electrons. The first-order valence-electron chi connectivity index (χ1n) is 9.26. The van der Waals surface area contributed by atoms with Crippen LogP contribution >= 0.6 is 0 Å². The number of aromatic nitrogens is 3. The standard InChI is InChI=1S/C21H25N7O/c1-22-21(24-12-16-4-8-18(9-5-16)20(29)27(2)3)25-13-17-6-10-19(11-7-17)28-15-23-14-26-28/h4-11,14-15H,12-13H2,1-3H3,(H2,22,24,25). The summed E-state index contributed by atoms with van der Waals surface area (Å²) in [6, 6.07) is 15.6. The van der Waals surface area contributed by atoms with Gasteiger partial charge < -0.3 is 15.5 Å². The van der Waals surface area contributed by atoms with Crippen LogP contribution in [0.4, 0.5) is 0 Å². The summed E-state index contributed by atoms with van der Waals surface area (Å²) in [6.45, 7) is 1.26. The second-order valence-electron chi connectivity index (χ2n) is 6.68. The van der Waals surface area contributed by atoms with Crippen molar-refractivity contribution in [3.05, 3.63) is 77.9 Å². The summed E-state index contributed by atoms with van der Waals surface area (Å²) in [4.78, 5) is 21.7. The lowest BCUT2D eigenvalue weighted by Crippen LogP contribution is -2.36. The topological polar surface area (TPSA) is 87.4 Å². The highest BCUT2D eigenvalue weighted by Crippen LogP contribution is 2.08. The van der Waals surface area contributed by atoms with E-state index in [1.165, 1.54) is 6.33 Å². The molecule has 2 N–H and O–H groups in total. The summed E-state index contributed by atoms with van der Waals surface area (Å²) in [6.07, 6.45) is 3.18. The molecule has 0 saturated heterocycles. The predicted molar refractivity (Wildman–Crippen MR) is 113 cm³/mol. The van der Waals surface area contributed by atoms with Gasteiger partial charge in [0.15, 0.2) is 5.96 Å². The fourth-order valence-electron chi connectivity index (χ4n) is 2.72. The number of aliphatic imine (C=N–C) groups is 1. The van der Waals surface area contributed by atoms with Crippen molar-refractivity contribution >= 4 is 11.9 Å². The fourth-order valence-corrected chi connectivity index (χ4v) is 2.72. The molecule has 0 bridgehead atoms. The minimum Gasteiger partial charge on any atom is -0.352 e. The number of benzene rings is 2. The molecule has 3 aromatic rings. The molecule has 1 heterocycles. The van der Waals surface area contributed by atoms with E-state index in [0.29, 0.717) is 24.6 Å². The third-order valence-electron chi connectivity index (χ3n) is 4.37. The quantitative estimate of drug-likeness (QED) is 0.495. The molecule has 0 aliphatic carbocycles. The Morgan fingerprint density at radius 2 is 1.59 bits per heavy atom. The molecule has 0 atom stereocenters. The highest BCUT2D eigenvalue weighted by molar-refractivity contribution is 5.93. The molecule has 1 aromatic heterocycles.